The lowest BCUT2D eigenvalue weighted by Gasteiger charge is -2.25. The van der Waals surface area contributed by atoms with E-state index in [1.165, 1.54) is 28.8 Å². The van der Waals surface area contributed by atoms with Gasteiger partial charge in [-0.3, -0.25) is 0 Å². The Kier molecular flexibility index (Phi) is 4.72. The van der Waals surface area contributed by atoms with Crippen molar-refractivity contribution in [1.82, 2.24) is 0 Å². The van der Waals surface area contributed by atoms with Crippen LogP contribution in [0.4, 0.5) is 0 Å². The zero-order valence-corrected chi connectivity index (χ0v) is 12.8. The Morgan fingerprint density at radius 3 is 3.10 bits per heavy atom. The average Bonchev–Trinajstić information content (AvgIpc) is 2.98. The van der Waals surface area contributed by atoms with E-state index in [4.69, 9.17) is 10.5 Å². The lowest BCUT2D eigenvalue weighted by atomic mass is 9.89. The maximum atomic E-state index is 6.19. The van der Waals surface area contributed by atoms with Crippen molar-refractivity contribution >= 4 is 11.3 Å². The summed E-state index contributed by atoms with van der Waals surface area (Å²) < 4.78 is 6.19. The fraction of sp³-hybridized carbons (Fsp3) is 0.333. The average molecular weight is 297 g/mol. The van der Waals surface area contributed by atoms with Gasteiger partial charge in [0.1, 0.15) is 0 Å². The molecule has 0 saturated carbocycles. The summed E-state index contributed by atoms with van der Waals surface area (Å²) in [7, 11) is 0. The van der Waals surface area contributed by atoms with E-state index in [2.05, 4.69) is 41.5 Å². The molecule has 0 spiro atoms. The predicted octanol–water partition coefficient (Wildman–Crippen LogP) is 3.65. The molecule has 1 atom stereocenters. The highest BCUT2D eigenvalue weighted by Gasteiger charge is 2.20. The molecule has 1 unspecified atom stereocenters. The third-order valence-corrected chi connectivity index (χ3v) is 4.69. The van der Waals surface area contributed by atoms with Gasteiger partial charge in [-0.1, -0.05) is 36.1 Å². The van der Waals surface area contributed by atoms with Gasteiger partial charge >= 0.3 is 0 Å². The summed E-state index contributed by atoms with van der Waals surface area (Å²) in [5, 5.41) is 2.06. The fourth-order valence-corrected chi connectivity index (χ4v) is 3.52. The van der Waals surface area contributed by atoms with E-state index in [0.717, 1.165) is 12.0 Å². The van der Waals surface area contributed by atoms with E-state index < -0.39 is 0 Å². The van der Waals surface area contributed by atoms with Crippen LogP contribution in [0.3, 0.4) is 0 Å². The Morgan fingerprint density at radius 1 is 1.29 bits per heavy atom. The molecule has 2 aromatic rings. The second-order valence-electron chi connectivity index (χ2n) is 5.15. The highest BCUT2D eigenvalue weighted by molar-refractivity contribution is 7.10. The van der Waals surface area contributed by atoms with Crippen molar-refractivity contribution in [2.24, 2.45) is 5.73 Å². The molecule has 0 aliphatic heterocycles. The molecule has 108 valence electrons. The fourth-order valence-electron chi connectivity index (χ4n) is 2.77. The number of fused-ring (bicyclic) bond motifs is 1. The van der Waals surface area contributed by atoms with E-state index >= 15 is 0 Å². The normalized spacial score (nSPS) is 16.9. The third-order valence-electron chi connectivity index (χ3n) is 3.80. The molecule has 3 rings (SSSR count). The van der Waals surface area contributed by atoms with Crippen molar-refractivity contribution in [3.8, 4) is 11.8 Å². The van der Waals surface area contributed by atoms with Crippen LogP contribution in [0, 0.1) is 11.8 Å². The molecule has 1 aliphatic carbocycles. The van der Waals surface area contributed by atoms with Crippen LogP contribution in [0.5, 0.6) is 0 Å². The second kappa shape index (κ2) is 6.91. The molecule has 21 heavy (non-hydrogen) atoms. The van der Waals surface area contributed by atoms with Crippen LogP contribution in [0.2, 0.25) is 0 Å². The van der Waals surface area contributed by atoms with Crippen molar-refractivity contribution in [2.75, 3.05) is 6.54 Å². The van der Waals surface area contributed by atoms with E-state index in [1.807, 2.05) is 6.07 Å². The van der Waals surface area contributed by atoms with Crippen molar-refractivity contribution < 1.29 is 4.74 Å². The Morgan fingerprint density at radius 2 is 2.19 bits per heavy atom. The summed E-state index contributed by atoms with van der Waals surface area (Å²) in [6.45, 7) is 1.03. The first kappa shape index (κ1) is 14.3. The van der Waals surface area contributed by atoms with Crippen LogP contribution in [-0.2, 0) is 17.8 Å². The van der Waals surface area contributed by atoms with Gasteiger partial charge in [0.15, 0.2) is 0 Å². The van der Waals surface area contributed by atoms with Crippen LogP contribution in [0.25, 0.3) is 0 Å². The number of hydrogen-bond donors (Lipinski definition) is 1. The molecular weight excluding hydrogens is 278 g/mol. The van der Waals surface area contributed by atoms with Gasteiger partial charge in [0.2, 0.25) is 0 Å². The van der Waals surface area contributed by atoms with Crippen LogP contribution >= 0.6 is 11.3 Å². The number of ether oxygens (including phenoxy) is 1. The molecular formula is C18H19NOS. The van der Waals surface area contributed by atoms with Gasteiger partial charge in [-0.2, -0.15) is 0 Å². The van der Waals surface area contributed by atoms with Crippen molar-refractivity contribution in [1.29, 1.82) is 0 Å². The van der Waals surface area contributed by atoms with Crippen molar-refractivity contribution in [3.05, 3.63) is 57.3 Å². The minimum atomic E-state index is 0.215. The number of thiophene rings is 1. The summed E-state index contributed by atoms with van der Waals surface area (Å²) >= 11 is 1.70. The lowest BCUT2D eigenvalue weighted by molar-refractivity contribution is 0.0297. The minimum absolute atomic E-state index is 0.215. The molecule has 1 aromatic carbocycles. The van der Waals surface area contributed by atoms with Crippen LogP contribution in [0.1, 0.15) is 40.5 Å². The van der Waals surface area contributed by atoms with Gasteiger partial charge in [0.05, 0.1) is 19.3 Å². The van der Waals surface area contributed by atoms with Gasteiger partial charge in [0.25, 0.3) is 0 Å². The molecule has 0 amide bonds. The first-order valence-electron chi connectivity index (χ1n) is 7.33. The molecule has 0 saturated heterocycles. The maximum absolute atomic E-state index is 6.19. The number of aryl methyl sites for hydroxylation is 1. The monoisotopic (exact) mass is 297 g/mol. The lowest BCUT2D eigenvalue weighted by Crippen LogP contribution is -2.12. The maximum Gasteiger partial charge on any atom is 0.0832 e. The number of nitrogens with two attached hydrogens (primary N) is 1. The minimum Gasteiger partial charge on any atom is -0.368 e. The van der Waals surface area contributed by atoms with Crippen molar-refractivity contribution in [2.45, 2.75) is 32.0 Å². The second-order valence-corrected chi connectivity index (χ2v) is 6.15. The van der Waals surface area contributed by atoms with Gasteiger partial charge in [0, 0.05) is 10.4 Å². The molecule has 1 aliphatic rings. The molecule has 1 aromatic heterocycles. The largest absolute Gasteiger partial charge is 0.368 e. The number of hydrogen-bond acceptors (Lipinski definition) is 3. The van der Waals surface area contributed by atoms with Crippen LogP contribution < -0.4 is 5.73 Å². The number of rotatable bonds is 3. The Balaban J connectivity index is 1.70. The van der Waals surface area contributed by atoms with Crippen molar-refractivity contribution in [3.63, 3.8) is 0 Å². The Labute approximate surface area is 129 Å². The Bertz CT molecular complexity index is 665. The quantitative estimate of drug-likeness (QED) is 0.878. The van der Waals surface area contributed by atoms with E-state index in [9.17, 15) is 0 Å². The zero-order valence-electron chi connectivity index (χ0n) is 12.0. The summed E-state index contributed by atoms with van der Waals surface area (Å²) in [5.74, 6) is 6.03. The standard InChI is InChI=1S/C18H19NOS/c19-11-4-7-15-10-12-21-18(15)13-20-17-9-3-6-14-5-1-2-8-16(14)17/h1-2,5,8,10,12,17H,3,6,9,11,13,19H2. The van der Waals surface area contributed by atoms with Crippen LogP contribution in [0.15, 0.2) is 35.7 Å². The first-order chi connectivity index (χ1) is 10.4. The molecule has 3 heteroatoms. The summed E-state index contributed by atoms with van der Waals surface area (Å²) in [5.41, 5.74) is 9.28. The van der Waals surface area contributed by atoms with E-state index in [0.29, 0.717) is 13.2 Å². The molecule has 2 N–H and O–H groups in total. The van der Waals surface area contributed by atoms with E-state index in [1.54, 1.807) is 11.3 Å². The number of benzene rings is 1. The highest BCUT2D eigenvalue weighted by Crippen LogP contribution is 2.33. The summed E-state index contributed by atoms with van der Waals surface area (Å²) in [6, 6.07) is 10.7. The third kappa shape index (κ3) is 3.36. The van der Waals surface area contributed by atoms with Gasteiger partial charge in [-0.05, 0) is 41.8 Å². The first-order valence-corrected chi connectivity index (χ1v) is 8.21. The van der Waals surface area contributed by atoms with E-state index in [-0.39, 0.29) is 6.10 Å². The molecule has 0 bridgehead atoms. The Hall–Kier alpha value is -1.60. The predicted molar refractivity (Wildman–Crippen MR) is 87.2 cm³/mol. The topological polar surface area (TPSA) is 35.2 Å². The molecule has 0 radical (unpaired) electrons. The van der Waals surface area contributed by atoms with Gasteiger partial charge in [-0.15, -0.1) is 11.3 Å². The molecule has 2 nitrogen and oxygen atoms in total. The van der Waals surface area contributed by atoms with Crippen LogP contribution in [-0.4, -0.2) is 6.54 Å². The summed E-state index contributed by atoms with van der Waals surface area (Å²) in [4.78, 5) is 1.19. The zero-order chi connectivity index (χ0) is 14.5. The summed E-state index contributed by atoms with van der Waals surface area (Å²) in [6.07, 6.45) is 3.69. The molecule has 0 fully saturated rings. The SMILES string of the molecule is NCC#Cc1ccsc1COC1CCCc2ccccc21. The van der Waals surface area contributed by atoms with Gasteiger partial charge < -0.3 is 10.5 Å². The van der Waals surface area contributed by atoms with Gasteiger partial charge in [-0.25, -0.2) is 0 Å². The highest BCUT2D eigenvalue weighted by atomic mass is 32.1. The smallest absolute Gasteiger partial charge is 0.0832 e. The molecule has 1 heterocycles.